The molecule has 156 valence electrons. The molecule has 0 saturated carbocycles. The topological polar surface area (TPSA) is 86.8 Å². The van der Waals surface area contributed by atoms with E-state index >= 15 is 0 Å². The zero-order valence-electron chi connectivity index (χ0n) is 16.8. The van der Waals surface area contributed by atoms with E-state index in [1.807, 2.05) is 12.1 Å². The number of hydrogen-bond donors (Lipinski definition) is 0. The summed E-state index contributed by atoms with van der Waals surface area (Å²) in [6.45, 7) is 2.05. The van der Waals surface area contributed by atoms with Crippen LogP contribution in [0.2, 0.25) is 0 Å². The minimum absolute atomic E-state index is 0.101. The number of ether oxygens (including phenoxy) is 2. The maximum atomic E-state index is 13.2. The quantitative estimate of drug-likeness (QED) is 0.658. The number of amides is 1. The fourth-order valence-corrected chi connectivity index (χ4v) is 4.32. The van der Waals surface area contributed by atoms with Gasteiger partial charge in [-0.2, -0.15) is 5.10 Å². The molecule has 1 fully saturated rings. The fraction of sp³-hybridized carbons (Fsp3) is 0.409. The van der Waals surface area contributed by atoms with Gasteiger partial charge in [-0.05, 0) is 25.0 Å². The lowest BCUT2D eigenvalue weighted by atomic mass is 10.1. The molecule has 2 aliphatic heterocycles. The molecule has 8 nitrogen and oxygen atoms in total. The molecular weight excluding hydrogens is 386 g/mol. The Morgan fingerprint density at radius 1 is 1.33 bits per heavy atom. The normalized spacial score (nSPS) is 18.6. The van der Waals surface area contributed by atoms with Crippen LogP contribution < -0.4 is 10.3 Å². The number of furan rings is 1. The average Bonchev–Trinajstić information content (AvgIpc) is 3.40. The number of nitrogens with zero attached hydrogens (tertiary/aromatic N) is 3. The summed E-state index contributed by atoms with van der Waals surface area (Å²) in [6.07, 6.45) is 2.40. The molecule has 1 aromatic carbocycles. The lowest BCUT2D eigenvalue weighted by Crippen LogP contribution is -2.41. The number of likely N-dealkylation sites (tertiary alicyclic amines) is 1. The minimum Gasteiger partial charge on any atom is -0.493 e. The lowest BCUT2D eigenvalue weighted by Gasteiger charge is -2.25. The fourth-order valence-electron chi connectivity index (χ4n) is 4.32. The molecule has 8 heteroatoms. The number of carbonyl (C=O) groups is 1. The van der Waals surface area contributed by atoms with Crippen LogP contribution in [0.15, 0.2) is 39.5 Å². The van der Waals surface area contributed by atoms with Crippen molar-refractivity contribution in [2.24, 2.45) is 0 Å². The number of rotatable bonds is 4. The highest BCUT2D eigenvalue weighted by atomic mass is 16.5. The first-order chi connectivity index (χ1) is 14.6. The first-order valence-corrected chi connectivity index (χ1v) is 10.2. The third-order valence-corrected chi connectivity index (χ3v) is 5.87. The largest absolute Gasteiger partial charge is 0.493 e. The van der Waals surface area contributed by atoms with E-state index in [0.29, 0.717) is 44.1 Å². The third-order valence-electron chi connectivity index (χ3n) is 5.87. The van der Waals surface area contributed by atoms with Crippen molar-refractivity contribution in [3.63, 3.8) is 0 Å². The van der Waals surface area contributed by atoms with Crippen LogP contribution in [0.1, 0.15) is 34.7 Å². The zero-order chi connectivity index (χ0) is 20.7. The van der Waals surface area contributed by atoms with Gasteiger partial charge in [0, 0.05) is 30.0 Å². The first-order valence-electron chi connectivity index (χ1n) is 10.2. The van der Waals surface area contributed by atoms with E-state index in [-0.39, 0.29) is 23.3 Å². The van der Waals surface area contributed by atoms with Crippen molar-refractivity contribution in [2.45, 2.75) is 38.5 Å². The standard InChI is InChI=1S/C22H23N3O5/c1-28-18-6-2-4-14-10-19(30-21(14)18)22(27)24-8-3-5-16(24)12-25-20(26)11-15-13-29-9-7-17(15)23-25/h2,4,6,10-11,16H,3,5,7-9,12-13H2,1H3. The summed E-state index contributed by atoms with van der Waals surface area (Å²) >= 11 is 0. The van der Waals surface area contributed by atoms with Crippen molar-refractivity contribution in [1.82, 2.24) is 14.7 Å². The maximum absolute atomic E-state index is 13.2. The Labute approximate surface area is 173 Å². The van der Waals surface area contributed by atoms with Gasteiger partial charge < -0.3 is 18.8 Å². The molecule has 4 heterocycles. The summed E-state index contributed by atoms with van der Waals surface area (Å²) in [5.74, 6) is 0.706. The van der Waals surface area contributed by atoms with Gasteiger partial charge in [-0.3, -0.25) is 9.59 Å². The first kappa shape index (κ1) is 18.9. The summed E-state index contributed by atoms with van der Waals surface area (Å²) in [5.41, 5.74) is 2.17. The molecule has 2 aromatic heterocycles. The van der Waals surface area contributed by atoms with Crippen molar-refractivity contribution in [3.8, 4) is 5.75 Å². The van der Waals surface area contributed by atoms with Crippen LogP contribution in [0.5, 0.6) is 5.75 Å². The van der Waals surface area contributed by atoms with Crippen molar-refractivity contribution < 1.29 is 18.7 Å². The number of benzene rings is 1. The molecular formula is C22H23N3O5. The van der Waals surface area contributed by atoms with Crippen LogP contribution >= 0.6 is 0 Å². The Bertz CT molecular complexity index is 1170. The van der Waals surface area contributed by atoms with Crippen molar-refractivity contribution >= 4 is 16.9 Å². The minimum atomic E-state index is -0.171. The van der Waals surface area contributed by atoms with Crippen LogP contribution in [0.4, 0.5) is 0 Å². The number of fused-ring (bicyclic) bond motifs is 2. The zero-order valence-corrected chi connectivity index (χ0v) is 16.8. The van der Waals surface area contributed by atoms with Crippen molar-refractivity contribution in [3.05, 3.63) is 57.7 Å². The Hall–Kier alpha value is -3.13. The van der Waals surface area contributed by atoms with Crippen molar-refractivity contribution in [2.75, 3.05) is 20.3 Å². The molecule has 1 amide bonds. The highest BCUT2D eigenvalue weighted by molar-refractivity contribution is 5.97. The van der Waals surface area contributed by atoms with Gasteiger partial charge in [0.1, 0.15) is 0 Å². The summed E-state index contributed by atoms with van der Waals surface area (Å²) in [7, 11) is 1.57. The predicted molar refractivity (Wildman–Crippen MR) is 109 cm³/mol. The monoisotopic (exact) mass is 409 g/mol. The number of aromatic nitrogens is 2. The number of para-hydroxylation sites is 1. The number of hydrogen-bond acceptors (Lipinski definition) is 6. The Balaban J connectivity index is 1.40. The Morgan fingerprint density at radius 3 is 3.10 bits per heavy atom. The highest BCUT2D eigenvalue weighted by Crippen LogP contribution is 2.30. The molecule has 2 aliphatic rings. The van der Waals surface area contributed by atoms with E-state index in [1.54, 1.807) is 30.2 Å². The van der Waals surface area contributed by atoms with E-state index in [9.17, 15) is 9.59 Å². The number of carbonyl (C=O) groups excluding carboxylic acids is 1. The van der Waals surface area contributed by atoms with Gasteiger partial charge in [-0.25, -0.2) is 4.68 Å². The molecule has 0 aliphatic carbocycles. The van der Waals surface area contributed by atoms with Crippen LogP contribution in [0.3, 0.4) is 0 Å². The maximum Gasteiger partial charge on any atom is 0.289 e. The van der Waals surface area contributed by atoms with Crippen LogP contribution in [0.25, 0.3) is 11.0 Å². The second-order valence-corrected chi connectivity index (χ2v) is 7.72. The van der Waals surface area contributed by atoms with Gasteiger partial charge in [-0.15, -0.1) is 0 Å². The van der Waals surface area contributed by atoms with E-state index in [1.165, 1.54) is 4.68 Å². The molecule has 30 heavy (non-hydrogen) atoms. The van der Waals surface area contributed by atoms with Gasteiger partial charge in [0.2, 0.25) is 0 Å². The summed E-state index contributed by atoms with van der Waals surface area (Å²) < 4.78 is 18.1. The second-order valence-electron chi connectivity index (χ2n) is 7.72. The molecule has 3 aromatic rings. The van der Waals surface area contributed by atoms with E-state index in [0.717, 1.165) is 29.5 Å². The molecule has 0 bridgehead atoms. The Kier molecular flexibility index (Phi) is 4.78. The molecule has 1 saturated heterocycles. The molecule has 0 spiro atoms. The van der Waals surface area contributed by atoms with Crippen molar-refractivity contribution in [1.29, 1.82) is 0 Å². The smallest absolute Gasteiger partial charge is 0.289 e. The van der Waals surface area contributed by atoms with E-state index < -0.39 is 0 Å². The van der Waals surface area contributed by atoms with Gasteiger partial charge in [0.15, 0.2) is 17.1 Å². The van der Waals surface area contributed by atoms with Gasteiger partial charge >= 0.3 is 0 Å². The van der Waals surface area contributed by atoms with Gasteiger partial charge in [0.05, 0.1) is 38.6 Å². The van der Waals surface area contributed by atoms with Crippen LogP contribution in [-0.4, -0.2) is 46.9 Å². The number of methoxy groups -OCH3 is 1. The van der Waals surface area contributed by atoms with Crippen LogP contribution in [0, 0.1) is 0 Å². The van der Waals surface area contributed by atoms with Gasteiger partial charge in [-0.1, -0.05) is 12.1 Å². The molecule has 1 unspecified atom stereocenters. The molecule has 0 radical (unpaired) electrons. The SMILES string of the molecule is COc1cccc2cc(C(=O)N3CCCC3Cn3nc4c(cc3=O)COCC4)oc12. The van der Waals surface area contributed by atoms with E-state index in [4.69, 9.17) is 13.9 Å². The summed E-state index contributed by atoms with van der Waals surface area (Å²) in [5, 5.41) is 5.37. The molecule has 1 atom stereocenters. The summed E-state index contributed by atoms with van der Waals surface area (Å²) in [6, 6.07) is 8.81. The van der Waals surface area contributed by atoms with Crippen LogP contribution in [-0.2, 0) is 24.3 Å². The predicted octanol–water partition coefficient (Wildman–Crippen LogP) is 2.38. The second kappa shape index (κ2) is 7.60. The summed E-state index contributed by atoms with van der Waals surface area (Å²) in [4.78, 5) is 27.5. The third kappa shape index (κ3) is 3.27. The van der Waals surface area contributed by atoms with E-state index in [2.05, 4.69) is 5.10 Å². The molecule has 5 rings (SSSR count). The van der Waals surface area contributed by atoms with Gasteiger partial charge in [0.25, 0.3) is 11.5 Å². The highest BCUT2D eigenvalue weighted by Gasteiger charge is 2.32. The average molecular weight is 409 g/mol. The Morgan fingerprint density at radius 2 is 2.23 bits per heavy atom. The molecule has 0 N–H and O–H groups in total. The lowest BCUT2D eigenvalue weighted by molar-refractivity contribution is 0.0689.